The molecule has 0 unspecified atom stereocenters. The van der Waals surface area contributed by atoms with Gasteiger partial charge in [-0.15, -0.1) is 10.2 Å². The molecule has 0 saturated heterocycles. The van der Waals surface area contributed by atoms with Gasteiger partial charge in [-0.05, 0) is 48.0 Å². The van der Waals surface area contributed by atoms with Crippen molar-refractivity contribution in [2.24, 2.45) is 5.10 Å². The molecular weight excluding hydrogens is 464 g/mol. The number of rotatable bonds is 8. The van der Waals surface area contributed by atoms with Crippen molar-refractivity contribution in [1.29, 1.82) is 0 Å². The lowest BCUT2D eigenvalue weighted by Gasteiger charge is -2.24. The smallest absolute Gasteiger partial charge is 0.213 e. The number of methoxy groups -OCH3 is 3. The molecule has 1 atom stereocenters. The molecule has 1 aliphatic heterocycles. The van der Waals surface area contributed by atoms with E-state index in [1.807, 2.05) is 60.7 Å². The highest BCUT2D eigenvalue weighted by Crippen LogP contribution is 2.42. The Balaban J connectivity index is 1.51. The Morgan fingerprint density at radius 2 is 1.54 bits per heavy atom. The zero-order chi connectivity index (χ0) is 24.2. The third-order valence-corrected chi connectivity index (χ3v) is 6.76. The third-order valence-electron chi connectivity index (χ3n) is 5.56. The summed E-state index contributed by atoms with van der Waals surface area (Å²) in [6.07, 6.45) is 0. The number of hydrogen-bond acceptors (Lipinski definition) is 8. The summed E-state index contributed by atoms with van der Waals surface area (Å²) in [5, 5.41) is 14.4. The summed E-state index contributed by atoms with van der Waals surface area (Å²) in [4.78, 5) is 0. The van der Waals surface area contributed by atoms with Gasteiger partial charge in [0.25, 0.3) is 0 Å². The molecule has 1 aromatic heterocycles. The van der Waals surface area contributed by atoms with Crippen molar-refractivity contribution in [3.05, 3.63) is 89.7 Å². The molecule has 1 aliphatic rings. The van der Waals surface area contributed by atoms with E-state index in [0.717, 1.165) is 22.6 Å². The van der Waals surface area contributed by atoms with Gasteiger partial charge in [0.05, 0.1) is 32.3 Å². The van der Waals surface area contributed by atoms with Crippen LogP contribution >= 0.6 is 11.8 Å². The number of benzene rings is 3. The molecule has 0 N–H and O–H groups in total. The Bertz CT molecular complexity index is 1340. The molecule has 0 bridgehead atoms. The monoisotopic (exact) mass is 488 g/mol. The predicted octanol–water partition coefficient (Wildman–Crippen LogP) is 4.98. The van der Waals surface area contributed by atoms with Gasteiger partial charge in [0.2, 0.25) is 5.16 Å². The van der Waals surface area contributed by atoms with Gasteiger partial charge in [0, 0.05) is 5.56 Å². The maximum atomic E-state index is 5.94. The number of nitrogens with zero attached hydrogens (tertiary/aromatic N) is 4. The first-order valence-electron chi connectivity index (χ1n) is 10.9. The highest BCUT2D eigenvalue weighted by atomic mass is 32.2. The van der Waals surface area contributed by atoms with Crippen molar-refractivity contribution >= 4 is 17.5 Å². The lowest BCUT2D eigenvalue weighted by molar-refractivity contribution is 0.289. The van der Waals surface area contributed by atoms with Crippen LogP contribution in [0.25, 0.3) is 0 Å². The highest BCUT2D eigenvalue weighted by molar-refractivity contribution is 8.00. The number of fused-ring (bicyclic) bond motifs is 1. The van der Waals surface area contributed by atoms with E-state index < -0.39 is 0 Å². The van der Waals surface area contributed by atoms with Crippen molar-refractivity contribution in [1.82, 2.24) is 14.9 Å². The maximum Gasteiger partial charge on any atom is 0.213 e. The van der Waals surface area contributed by atoms with Crippen molar-refractivity contribution in [2.75, 3.05) is 21.3 Å². The number of aromatic nitrogens is 3. The molecule has 3 aromatic carbocycles. The molecule has 4 aromatic rings. The summed E-state index contributed by atoms with van der Waals surface area (Å²) in [6, 6.07) is 23.4. The van der Waals surface area contributed by atoms with Crippen molar-refractivity contribution in [2.45, 2.75) is 17.0 Å². The van der Waals surface area contributed by atoms with Gasteiger partial charge in [-0.2, -0.15) is 9.78 Å². The normalized spacial score (nSPS) is 14.6. The van der Waals surface area contributed by atoms with Crippen LogP contribution in [0.15, 0.2) is 83.1 Å². The SMILES string of the molecule is COc1ccc(OCc2nnc3n2N=C(c2ccc(OC)c(OC)c2)[C@@H](c2ccccc2)S3)cc1. The van der Waals surface area contributed by atoms with Gasteiger partial charge >= 0.3 is 0 Å². The van der Waals surface area contributed by atoms with E-state index in [1.54, 1.807) is 37.8 Å². The van der Waals surface area contributed by atoms with E-state index in [0.29, 0.717) is 28.2 Å². The fourth-order valence-electron chi connectivity index (χ4n) is 3.76. The topological polar surface area (TPSA) is 80.0 Å². The molecule has 9 heteroatoms. The minimum absolute atomic E-state index is 0.0682. The second kappa shape index (κ2) is 10.1. The molecule has 0 fully saturated rings. The van der Waals surface area contributed by atoms with E-state index in [1.165, 1.54) is 0 Å². The van der Waals surface area contributed by atoms with Gasteiger partial charge in [0.15, 0.2) is 17.3 Å². The van der Waals surface area contributed by atoms with Crippen molar-refractivity contribution < 1.29 is 18.9 Å². The Morgan fingerprint density at radius 3 is 2.26 bits per heavy atom. The van der Waals surface area contributed by atoms with Crippen LogP contribution in [0.2, 0.25) is 0 Å². The summed E-state index contributed by atoms with van der Waals surface area (Å²) in [6.45, 7) is 0.221. The number of hydrogen-bond donors (Lipinski definition) is 0. The molecule has 5 rings (SSSR count). The van der Waals surface area contributed by atoms with E-state index in [2.05, 4.69) is 22.3 Å². The molecule has 178 valence electrons. The minimum atomic E-state index is -0.0682. The number of thioether (sulfide) groups is 1. The fourth-order valence-corrected chi connectivity index (χ4v) is 4.89. The third kappa shape index (κ3) is 4.67. The van der Waals surface area contributed by atoms with Gasteiger partial charge in [-0.3, -0.25) is 0 Å². The lowest BCUT2D eigenvalue weighted by Crippen LogP contribution is -2.19. The van der Waals surface area contributed by atoms with E-state index in [4.69, 9.17) is 24.0 Å². The van der Waals surface area contributed by atoms with E-state index in [-0.39, 0.29) is 11.9 Å². The fraction of sp³-hybridized carbons (Fsp3) is 0.192. The Kier molecular flexibility index (Phi) is 6.58. The van der Waals surface area contributed by atoms with Gasteiger partial charge < -0.3 is 18.9 Å². The van der Waals surface area contributed by atoms with Gasteiger partial charge in [0.1, 0.15) is 18.1 Å². The van der Waals surface area contributed by atoms with Crippen LogP contribution in [-0.2, 0) is 6.61 Å². The Morgan fingerprint density at radius 1 is 0.800 bits per heavy atom. The van der Waals surface area contributed by atoms with Crippen molar-refractivity contribution in [3.8, 4) is 23.0 Å². The van der Waals surface area contributed by atoms with E-state index >= 15 is 0 Å². The average Bonchev–Trinajstić information content (AvgIpc) is 3.33. The van der Waals surface area contributed by atoms with Crippen molar-refractivity contribution in [3.63, 3.8) is 0 Å². The first-order valence-corrected chi connectivity index (χ1v) is 11.8. The molecule has 8 nitrogen and oxygen atoms in total. The molecule has 0 radical (unpaired) electrons. The second-order valence-corrected chi connectivity index (χ2v) is 8.71. The zero-order valence-corrected chi connectivity index (χ0v) is 20.4. The first-order chi connectivity index (χ1) is 17.2. The number of ether oxygens (including phenoxy) is 4. The van der Waals surface area contributed by atoms with Crippen LogP contribution in [0.5, 0.6) is 23.0 Å². The van der Waals surface area contributed by atoms with E-state index in [9.17, 15) is 0 Å². The van der Waals surface area contributed by atoms with Crippen LogP contribution < -0.4 is 18.9 Å². The Hall–Kier alpha value is -3.98. The second-order valence-electron chi connectivity index (χ2n) is 7.64. The molecule has 0 spiro atoms. The van der Waals surface area contributed by atoms with Crippen LogP contribution in [-0.4, -0.2) is 41.9 Å². The lowest BCUT2D eigenvalue weighted by atomic mass is 10.0. The predicted molar refractivity (Wildman–Crippen MR) is 134 cm³/mol. The summed E-state index contributed by atoms with van der Waals surface area (Å²) in [5.74, 6) is 3.38. The molecule has 35 heavy (non-hydrogen) atoms. The molecule has 2 heterocycles. The molecular formula is C26H24N4O4S. The summed E-state index contributed by atoms with van der Waals surface area (Å²) in [5.41, 5.74) is 2.90. The van der Waals surface area contributed by atoms with Crippen LogP contribution in [0.3, 0.4) is 0 Å². The average molecular weight is 489 g/mol. The summed E-state index contributed by atoms with van der Waals surface area (Å²) < 4.78 is 23.9. The molecule has 0 saturated carbocycles. The molecule has 0 amide bonds. The zero-order valence-electron chi connectivity index (χ0n) is 19.5. The molecule has 0 aliphatic carbocycles. The summed E-state index contributed by atoms with van der Waals surface area (Å²) in [7, 11) is 4.88. The Labute approximate surface area is 207 Å². The van der Waals surface area contributed by atoms with Crippen LogP contribution in [0.4, 0.5) is 0 Å². The van der Waals surface area contributed by atoms with Crippen LogP contribution in [0.1, 0.15) is 22.2 Å². The minimum Gasteiger partial charge on any atom is -0.497 e. The highest BCUT2D eigenvalue weighted by Gasteiger charge is 2.30. The van der Waals surface area contributed by atoms with Gasteiger partial charge in [-0.1, -0.05) is 42.1 Å². The first kappa shape index (κ1) is 22.8. The standard InChI is InChI=1S/C26H24N4O4S/c1-31-19-10-12-20(13-11-19)34-16-23-27-28-26-30(23)29-24(25(35-26)17-7-5-4-6-8-17)18-9-14-21(32-2)22(15-18)33-3/h4-15,25H,16H2,1-3H3/t25-/m1/s1. The maximum absolute atomic E-state index is 5.94. The van der Waals surface area contributed by atoms with Crippen LogP contribution in [0, 0.1) is 0 Å². The quantitative estimate of drug-likeness (QED) is 0.346. The largest absolute Gasteiger partial charge is 0.497 e. The van der Waals surface area contributed by atoms with Gasteiger partial charge in [-0.25, -0.2) is 0 Å². The summed E-state index contributed by atoms with van der Waals surface area (Å²) >= 11 is 1.60.